The normalized spacial score (nSPS) is 10.4. The van der Waals surface area contributed by atoms with Crippen molar-refractivity contribution in [2.24, 2.45) is 21.7 Å². The lowest BCUT2D eigenvalue weighted by atomic mass is 10.6. The highest BCUT2D eigenvalue weighted by molar-refractivity contribution is 9.11. The van der Waals surface area contributed by atoms with Gasteiger partial charge in [-0.2, -0.15) is 4.98 Å². The van der Waals surface area contributed by atoms with Crippen molar-refractivity contribution in [1.82, 2.24) is 0 Å². The smallest absolute Gasteiger partial charge is 0.303 e. The third kappa shape index (κ3) is 2.97. The average Bonchev–Trinajstić information content (AvgIpc) is 2.35. The number of hydrogen-bond acceptors (Lipinski definition) is 3. The summed E-state index contributed by atoms with van der Waals surface area (Å²) in [6.07, 6.45) is 1.53. The third-order valence-electron chi connectivity index (χ3n) is 0.902. The summed E-state index contributed by atoms with van der Waals surface area (Å²) in [7, 11) is 0. The van der Waals surface area contributed by atoms with E-state index >= 15 is 0 Å². The van der Waals surface area contributed by atoms with Crippen molar-refractivity contribution in [2.45, 2.75) is 0 Å². The zero-order valence-electron chi connectivity index (χ0n) is 5.99. The van der Waals surface area contributed by atoms with E-state index in [1.807, 2.05) is 5.38 Å². The van der Waals surface area contributed by atoms with E-state index < -0.39 is 0 Å². The summed E-state index contributed by atoms with van der Waals surface area (Å²) in [5, 5.41) is 8.95. The topological polar surface area (TPSA) is 90.9 Å². The molecule has 64 valence electrons. The molecule has 0 spiro atoms. The molecule has 0 unspecified atom stereocenters. The Balaban J connectivity index is 2.64. The molecule has 5 nitrogen and oxygen atoms in total. The molecule has 1 rings (SSSR count). The predicted octanol–water partition coefficient (Wildman–Crippen LogP) is -0.0680. The number of aromatic nitrogens is 1. The lowest BCUT2D eigenvalue weighted by molar-refractivity contribution is -0.385. The minimum Gasteiger partial charge on any atom is -0.369 e. The number of nitrogens with one attached hydrogen (secondary N) is 1. The lowest BCUT2D eigenvalue weighted by Gasteiger charge is -1.80. The molecule has 1 heterocycles. The predicted molar refractivity (Wildman–Crippen MR) is 52.0 cm³/mol. The van der Waals surface area contributed by atoms with Crippen LogP contribution < -0.4 is 16.5 Å². The monoisotopic (exact) mass is 248 g/mol. The van der Waals surface area contributed by atoms with Gasteiger partial charge in [0.1, 0.15) is 6.21 Å². The first-order valence-electron chi connectivity index (χ1n) is 2.97. The second-order valence-electron chi connectivity index (χ2n) is 1.86. The first kappa shape index (κ1) is 9.14. The third-order valence-corrected chi connectivity index (χ3v) is 2.34. The van der Waals surface area contributed by atoms with E-state index in [1.54, 1.807) is 0 Å². The van der Waals surface area contributed by atoms with Crippen LogP contribution in [0.4, 0.5) is 0 Å². The molecule has 0 saturated carbocycles. The highest BCUT2D eigenvalue weighted by atomic mass is 79.9. The lowest BCUT2D eigenvalue weighted by Crippen LogP contribution is -2.21. The van der Waals surface area contributed by atoms with E-state index in [0.717, 1.165) is 9.61 Å². The summed E-state index contributed by atoms with van der Waals surface area (Å²) in [5.41, 5.74) is 11.0. The quantitative estimate of drug-likeness (QED) is 0.436. The second kappa shape index (κ2) is 4.17. The fraction of sp³-hybridized carbons (Fsp3) is 0. The van der Waals surface area contributed by atoms with Crippen LogP contribution in [-0.4, -0.2) is 12.2 Å². The van der Waals surface area contributed by atoms with Crippen LogP contribution in [0.5, 0.6) is 0 Å². The van der Waals surface area contributed by atoms with E-state index in [2.05, 4.69) is 31.1 Å². The molecule has 0 aliphatic rings. The Bertz CT molecular complexity index is 313. The Morgan fingerprint density at radius 2 is 2.42 bits per heavy atom. The van der Waals surface area contributed by atoms with Gasteiger partial charge in [0, 0.05) is 15.9 Å². The zero-order chi connectivity index (χ0) is 8.97. The van der Waals surface area contributed by atoms with Crippen molar-refractivity contribution >= 4 is 39.4 Å². The van der Waals surface area contributed by atoms with Gasteiger partial charge in [0.2, 0.25) is 11.7 Å². The van der Waals surface area contributed by atoms with Gasteiger partial charge in [0.05, 0.1) is 5.38 Å². The second-order valence-corrected chi connectivity index (χ2v) is 4.06. The Kier molecular flexibility index (Phi) is 3.18. The molecular weight excluding hydrogens is 242 g/mol. The number of nitrogens with zero attached hydrogens (tertiary/aromatic N) is 2. The number of hydrogen-bond donors (Lipinski definition) is 2. The van der Waals surface area contributed by atoms with E-state index in [1.165, 1.54) is 17.6 Å². The van der Waals surface area contributed by atoms with Crippen LogP contribution in [0.25, 0.3) is 0 Å². The van der Waals surface area contributed by atoms with Crippen molar-refractivity contribution in [3.63, 3.8) is 0 Å². The number of aromatic amines is 1. The minimum atomic E-state index is -0.0551. The first-order chi connectivity index (χ1) is 5.68. The van der Waals surface area contributed by atoms with Gasteiger partial charge >= 0.3 is 3.92 Å². The molecule has 1 aromatic rings. The maximum atomic E-state index is 5.06. The van der Waals surface area contributed by atoms with Crippen molar-refractivity contribution in [2.75, 3.05) is 0 Å². The fourth-order valence-corrected chi connectivity index (χ4v) is 1.54. The van der Waals surface area contributed by atoms with E-state index in [9.17, 15) is 0 Å². The SMILES string of the molecule is NC(N)=N/N=C/c1csc(Br)[nH+]1. The van der Waals surface area contributed by atoms with Gasteiger partial charge in [-0.3, -0.25) is 0 Å². The fourth-order valence-electron chi connectivity index (χ4n) is 0.508. The number of H-pyrrole nitrogens is 1. The molecule has 0 bridgehead atoms. The molecule has 0 aromatic carbocycles. The summed E-state index contributed by atoms with van der Waals surface area (Å²) >= 11 is 4.79. The van der Waals surface area contributed by atoms with Gasteiger partial charge in [-0.1, -0.05) is 11.3 Å². The maximum absolute atomic E-state index is 5.06. The molecule has 7 heteroatoms. The van der Waals surface area contributed by atoms with Gasteiger partial charge in [0.15, 0.2) is 0 Å². The Labute approximate surface area is 81.3 Å². The Morgan fingerprint density at radius 3 is 2.92 bits per heavy atom. The average molecular weight is 249 g/mol. The summed E-state index contributed by atoms with van der Waals surface area (Å²) in [4.78, 5) is 2.98. The summed E-state index contributed by atoms with van der Waals surface area (Å²) in [6, 6.07) is 0. The largest absolute Gasteiger partial charge is 0.369 e. The first-order valence-corrected chi connectivity index (χ1v) is 4.64. The van der Waals surface area contributed by atoms with Crippen LogP contribution in [0.1, 0.15) is 5.69 Å². The highest BCUT2D eigenvalue weighted by Crippen LogP contribution is 2.09. The van der Waals surface area contributed by atoms with Crippen LogP contribution in [0.3, 0.4) is 0 Å². The molecule has 0 fully saturated rings. The highest BCUT2D eigenvalue weighted by Gasteiger charge is 2.02. The van der Waals surface area contributed by atoms with E-state index in [4.69, 9.17) is 11.5 Å². The van der Waals surface area contributed by atoms with Crippen molar-refractivity contribution in [3.05, 3.63) is 15.0 Å². The number of thiazole rings is 1. The minimum absolute atomic E-state index is 0.0551. The molecule has 0 aliphatic heterocycles. The number of halogens is 1. The van der Waals surface area contributed by atoms with Crippen LogP contribution in [0.2, 0.25) is 0 Å². The molecule has 12 heavy (non-hydrogen) atoms. The summed E-state index contributed by atoms with van der Waals surface area (Å²) in [5.74, 6) is -0.0551. The van der Waals surface area contributed by atoms with Gasteiger partial charge in [-0.25, -0.2) is 0 Å². The van der Waals surface area contributed by atoms with Crippen LogP contribution in [0, 0.1) is 0 Å². The molecule has 0 aliphatic carbocycles. The van der Waals surface area contributed by atoms with Crippen molar-refractivity contribution in [3.8, 4) is 0 Å². The molecular formula is C5H7BrN5S+. The van der Waals surface area contributed by atoms with Gasteiger partial charge in [0.25, 0.3) is 0 Å². The standard InChI is InChI=1S/C5H6BrN5S/c6-4-10-3(2-12-4)1-9-11-5(7)8/h1-2H,(H4,7,8,11)/p+1/b9-1+. The Morgan fingerprint density at radius 1 is 1.67 bits per heavy atom. The van der Waals surface area contributed by atoms with Gasteiger partial charge in [-0.15, -0.1) is 10.2 Å². The van der Waals surface area contributed by atoms with E-state index in [0.29, 0.717) is 0 Å². The molecule has 5 N–H and O–H groups in total. The van der Waals surface area contributed by atoms with Crippen molar-refractivity contribution in [1.29, 1.82) is 0 Å². The molecule has 0 amide bonds. The molecule has 1 aromatic heterocycles. The van der Waals surface area contributed by atoms with Gasteiger partial charge in [-0.05, 0) is 0 Å². The molecule has 0 saturated heterocycles. The maximum Gasteiger partial charge on any atom is 0.303 e. The van der Waals surface area contributed by atoms with E-state index in [-0.39, 0.29) is 5.96 Å². The summed E-state index contributed by atoms with van der Waals surface area (Å²) in [6.45, 7) is 0. The van der Waals surface area contributed by atoms with Crippen molar-refractivity contribution < 1.29 is 4.98 Å². The zero-order valence-corrected chi connectivity index (χ0v) is 8.39. The van der Waals surface area contributed by atoms with Crippen LogP contribution in [-0.2, 0) is 0 Å². The van der Waals surface area contributed by atoms with Crippen LogP contribution >= 0.6 is 27.3 Å². The molecule has 0 radical (unpaired) electrons. The van der Waals surface area contributed by atoms with Gasteiger partial charge < -0.3 is 11.5 Å². The number of guanidine groups is 1. The molecule has 0 atom stereocenters. The Hall–Kier alpha value is -0.950. The number of rotatable bonds is 2. The summed E-state index contributed by atoms with van der Waals surface area (Å²) < 4.78 is 0.925. The van der Waals surface area contributed by atoms with Crippen LogP contribution in [0.15, 0.2) is 19.5 Å². The number of nitrogens with two attached hydrogens (primary N) is 2.